The summed E-state index contributed by atoms with van der Waals surface area (Å²) >= 11 is 11.9. The summed E-state index contributed by atoms with van der Waals surface area (Å²) < 4.78 is 66.0. The molecule has 0 saturated heterocycles. The van der Waals surface area contributed by atoms with Gasteiger partial charge in [0.15, 0.2) is 0 Å². The second-order valence-corrected chi connectivity index (χ2v) is 9.23. The third kappa shape index (κ3) is 5.53. The number of rotatable bonds is 6. The fourth-order valence-corrected chi connectivity index (χ4v) is 4.51. The standard InChI is InChI=1S/C21H15Cl2F3N2O3S/c22-18-10-9-16(12-19(18)23)28(32(30,31)17-7-2-1-3-8-17)13-20(29)27-15-6-4-5-14(11-15)21(24,25)26/h1-12H,13H2,(H,27,29). The van der Waals surface area contributed by atoms with Gasteiger partial charge in [-0.3, -0.25) is 9.10 Å². The van der Waals surface area contributed by atoms with Gasteiger partial charge in [-0.15, -0.1) is 0 Å². The van der Waals surface area contributed by atoms with E-state index in [4.69, 9.17) is 23.2 Å². The molecule has 3 aromatic carbocycles. The van der Waals surface area contributed by atoms with E-state index >= 15 is 0 Å². The van der Waals surface area contributed by atoms with Crippen LogP contribution in [0.1, 0.15) is 5.56 Å². The zero-order valence-electron chi connectivity index (χ0n) is 16.1. The number of anilines is 2. The van der Waals surface area contributed by atoms with Crippen LogP contribution in [0.5, 0.6) is 0 Å². The van der Waals surface area contributed by atoms with Gasteiger partial charge in [-0.25, -0.2) is 8.42 Å². The molecule has 3 rings (SSSR count). The number of alkyl halides is 3. The molecular weight excluding hydrogens is 488 g/mol. The molecule has 1 N–H and O–H groups in total. The molecule has 0 heterocycles. The number of halogens is 5. The van der Waals surface area contributed by atoms with Crippen LogP contribution < -0.4 is 9.62 Å². The Hall–Kier alpha value is -2.75. The number of hydrogen-bond acceptors (Lipinski definition) is 3. The third-order valence-corrected chi connectivity index (χ3v) is 6.81. The van der Waals surface area contributed by atoms with Crippen LogP contribution in [0.25, 0.3) is 0 Å². The molecule has 11 heteroatoms. The number of benzene rings is 3. The second-order valence-electron chi connectivity index (χ2n) is 6.55. The summed E-state index contributed by atoms with van der Waals surface area (Å²) in [5.41, 5.74) is -1.02. The van der Waals surface area contributed by atoms with Gasteiger partial charge in [-0.05, 0) is 48.5 Å². The Bertz CT molecular complexity index is 1240. The van der Waals surface area contributed by atoms with Gasteiger partial charge in [0.1, 0.15) is 6.54 Å². The lowest BCUT2D eigenvalue weighted by Gasteiger charge is -2.24. The van der Waals surface area contributed by atoms with Crippen molar-refractivity contribution in [2.45, 2.75) is 11.1 Å². The Morgan fingerprint density at radius 2 is 1.59 bits per heavy atom. The van der Waals surface area contributed by atoms with Crippen LogP contribution in [0.4, 0.5) is 24.5 Å². The summed E-state index contributed by atoms with van der Waals surface area (Å²) in [6, 6.07) is 15.4. The van der Waals surface area contributed by atoms with E-state index in [9.17, 15) is 26.4 Å². The van der Waals surface area contributed by atoms with Crippen LogP contribution in [0.2, 0.25) is 10.0 Å². The number of nitrogens with one attached hydrogen (secondary N) is 1. The average molecular weight is 503 g/mol. The zero-order valence-corrected chi connectivity index (χ0v) is 18.4. The molecule has 32 heavy (non-hydrogen) atoms. The van der Waals surface area contributed by atoms with Gasteiger partial charge in [0.25, 0.3) is 10.0 Å². The molecule has 0 radical (unpaired) electrons. The SMILES string of the molecule is O=C(CN(c1ccc(Cl)c(Cl)c1)S(=O)(=O)c1ccccc1)Nc1cccc(C(F)(F)F)c1. The summed E-state index contributed by atoms with van der Waals surface area (Å²) in [5.74, 6) is -0.852. The molecule has 0 saturated carbocycles. The minimum absolute atomic E-state index is 0.0578. The van der Waals surface area contributed by atoms with Crippen LogP contribution in [0.15, 0.2) is 77.7 Å². The smallest absolute Gasteiger partial charge is 0.325 e. The van der Waals surface area contributed by atoms with E-state index in [1.54, 1.807) is 6.07 Å². The van der Waals surface area contributed by atoms with Gasteiger partial charge in [0.2, 0.25) is 5.91 Å². The summed E-state index contributed by atoms with van der Waals surface area (Å²) in [6.45, 7) is -0.717. The number of nitrogens with zero attached hydrogens (tertiary/aromatic N) is 1. The van der Waals surface area contributed by atoms with Gasteiger partial charge in [0, 0.05) is 5.69 Å². The maximum Gasteiger partial charge on any atom is 0.416 e. The van der Waals surface area contributed by atoms with Crippen molar-refractivity contribution in [1.82, 2.24) is 0 Å². The van der Waals surface area contributed by atoms with E-state index in [-0.39, 0.29) is 26.3 Å². The van der Waals surface area contributed by atoms with Crippen molar-refractivity contribution in [3.8, 4) is 0 Å². The molecule has 0 unspecified atom stereocenters. The lowest BCUT2D eigenvalue weighted by molar-refractivity contribution is -0.137. The highest BCUT2D eigenvalue weighted by Gasteiger charge is 2.31. The van der Waals surface area contributed by atoms with Crippen molar-refractivity contribution >= 4 is 50.5 Å². The van der Waals surface area contributed by atoms with Gasteiger partial charge in [0.05, 0.1) is 26.2 Å². The van der Waals surface area contributed by atoms with Crippen molar-refractivity contribution < 1.29 is 26.4 Å². The second kappa shape index (κ2) is 9.40. The van der Waals surface area contributed by atoms with E-state index < -0.39 is 34.2 Å². The first-order valence-corrected chi connectivity index (χ1v) is 11.2. The van der Waals surface area contributed by atoms with Crippen LogP contribution in [0, 0.1) is 0 Å². The van der Waals surface area contributed by atoms with E-state index in [1.807, 2.05) is 0 Å². The third-order valence-electron chi connectivity index (χ3n) is 4.28. The highest BCUT2D eigenvalue weighted by molar-refractivity contribution is 7.92. The first kappa shape index (κ1) is 23.9. The van der Waals surface area contributed by atoms with Crippen LogP contribution >= 0.6 is 23.2 Å². The quantitative estimate of drug-likeness (QED) is 0.459. The van der Waals surface area contributed by atoms with Crippen LogP contribution in [0.3, 0.4) is 0 Å². The summed E-state index contributed by atoms with van der Waals surface area (Å²) in [5, 5.41) is 2.55. The van der Waals surface area contributed by atoms with Crippen LogP contribution in [-0.4, -0.2) is 20.9 Å². The Labute approximate surface area is 192 Å². The summed E-state index contributed by atoms with van der Waals surface area (Å²) in [4.78, 5) is 12.5. The van der Waals surface area contributed by atoms with Gasteiger partial charge in [-0.1, -0.05) is 47.5 Å². The lowest BCUT2D eigenvalue weighted by atomic mass is 10.2. The first-order chi connectivity index (χ1) is 15.0. The first-order valence-electron chi connectivity index (χ1n) is 8.98. The summed E-state index contributed by atoms with van der Waals surface area (Å²) in [7, 11) is -4.21. The van der Waals surface area contributed by atoms with Crippen molar-refractivity contribution in [3.63, 3.8) is 0 Å². The summed E-state index contributed by atoms with van der Waals surface area (Å²) in [6.07, 6.45) is -4.59. The molecule has 3 aromatic rings. The van der Waals surface area contributed by atoms with Gasteiger partial charge in [-0.2, -0.15) is 13.2 Å². The molecule has 1 amide bonds. The maximum absolute atomic E-state index is 13.2. The average Bonchev–Trinajstić information content (AvgIpc) is 2.74. The Morgan fingerprint density at radius 3 is 2.22 bits per heavy atom. The monoisotopic (exact) mass is 502 g/mol. The number of carbonyl (C=O) groups excluding carboxylic acids is 1. The van der Waals surface area contributed by atoms with Crippen molar-refractivity contribution in [1.29, 1.82) is 0 Å². The number of hydrogen-bond donors (Lipinski definition) is 1. The molecule has 0 aromatic heterocycles. The topological polar surface area (TPSA) is 66.5 Å². The van der Waals surface area contributed by atoms with Gasteiger partial charge < -0.3 is 5.32 Å². The lowest BCUT2D eigenvalue weighted by Crippen LogP contribution is -2.38. The largest absolute Gasteiger partial charge is 0.416 e. The predicted molar refractivity (Wildman–Crippen MR) is 118 cm³/mol. The molecule has 168 valence electrons. The van der Waals surface area contributed by atoms with E-state index in [0.717, 1.165) is 22.5 Å². The minimum atomic E-state index is -4.59. The normalized spacial score (nSPS) is 11.8. The zero-order chi connectivity index (χ0) is 23.5. The van der Waals surface area contributed by atoms with Crippen molar-refractivity contribution in [3.05, 3.63) is 88.4 Å². The number of carbonyl (C=O) groups is 1. The number of amides is 1. The molecule has 0 aliphatic carbocycles. The van der Waals surface area contributed by atoms with Gasteiger partial charge >= 0.3 is 6.18 Å². The maximum atomic E-state index is 13.2. The molecule has 0 aliphatic rings. The van der Waals surface area contributed by atoms with Crippen molar-refractivity contribution in [2.75, 3.05) is 16.2 Å². The van der Waals surface area contributed by atoms with E-state index in [0.29, 0.717) is 0 Å². The highest BCUT2D eigenvalue weighted by atomic mass is 35.5. The van der Waals surface area contributed by atoms with Crippen LogP contribution in [-0.2, 0) is 21.0 Å². The Balaban J connectivity index is 1.94. The molecule has 0 atom stereocenters. The fraction of sp³-hybridized carbons (Fsp3) is 0.0952. The molecule has 0 bridgehead atoms. The fourth-order valence-electron chi connectivity index (χ4n) is 2.78. The molecular formula is C21H15Cl2F3N2O3S. The molecule has 5 nitrogen and oxygen atoms in total. The predicted octanol–water partition coefficient (Wildman–Crippen LogP) is 5.85. The molecule has 0 spiro atoms. The molecule has 0 fully saturated rings. The van der Waals surface area contributed by atoms with Crippen molar-refractivity contribution in [2.24, 2.45) is 0 Å². The minimum Gasteiger partial charge on any atom is -0.325 e. The molecule has 0 aliphatic heterocycles. The number of sulfonamides is 1. The Kier molecular flexibility index (Phi) is 7.02. The van der Waals surface area contributed by atoms with E-state index in [2.05, 4.69) is 5.32 Å². The van der Waals surface area contributed by atoms with E-state index in [1.165, 1.54) is 48.5 Å². The Morgan fingerprint density at radius 1 is 0.906 bits per heavy atom. The highest BCUT2D eigenvalue weighted by Crippen LogP contribution is 2.32.